The molecule has 1 aromatic heterocycles. The van der Waals surface area contributed by atoms with E-state index in [2.05, 4.69) is 0 Å². The monoisotopic (exact) mass is 253 g/mol. The van der Waals surface area contributed by atoms with E-state index in [1.165, 1.54) is 23.9 Å². The Hall–Kier alpha value is -0.390. The van der Waals surface area contributed by atoms with Crippen molar-refractivity contribution < 1.29 is 4.39 Å². The molecule has 0 saturated carbocycles. The number of hydrogen-bond donors (Lipinski definition) is 0. The van der Waals surface area contributed by atoms with Crippen molar-refractivity contribution in [3.63, 3.8) is 0 Å². The van der Waals surface area contributed by atoms with E-state index in [0.717, 1.165) is 0 Å². The summed E-state index contributed by atoms with van der Waals surface area (Å²) in [6.45, 7) is 0. The van der Waals surface area contributed by atoms with Gasteiger partial charge < -0.3 is 4.57 Å². The van der Waals surface area contributed by atoms with E-state index in [1.807, 2.05) is 0 Å². The number of rotatable bonds is 0. The molecule has 0 saturated heterocycles. The van der Waals surface area contributed by atoms with Crippen molar-refractivity contribution in [1.82, 2.24) is 4.57 Å². The van der Waals surface area contributed by atoms with Crippen molar-refractivity contribution in [2.75, 3.05) is 0 Å². The van der Waals surface area contributed by atoms with Crippen LogP contribution >= 0.6 is 22.6 Å². The molecular formula is C6H5FINO. The van der Waals surface area contributed by atoms with Gasteiger partial charge in [-0.1, -0.05) is 0 Å². The first kappa shape index (κ1) is 7.71. The van der Waals surface area contributed by atoms with Gasteiger partial charge in [0.05, 0.1) is 3.57 Å². The van der Waals surface area contributed by atoms with Crippen LogP contribution < -0.4 is 5.56 Å². The van der Waals surface area contributed by atoms with Gasteiger partial charge >= 0.3 is 0 Å². The van der Waals surface area contributed by atoms with E-state index in [0.29, 0.717) is 3.57 Å². The third-order valence-corrected chi connectivity index (χ3v) is 1.96. The van der Waals surface area contributed by atoms with Crippen LogP contribution in [0.3, 0.4) is 0 Å². The van der Waals surface area contributed by atoms with Crippen LogP contribution in [0.15, 0.2) is 17.1 Å². The zero-order chi connectivity index (χ0) is 7.72. The van der Waals surface area contributed by atoms with Gasteiger partial charge in [0.1, 0.15) is 0 Å². The van der Waals surface area contributed by atoms with E-state index in [-0.39, 0.29) is 11.4 Å². The summed E-state index contributed by atoms with van der Waals surface area (Å²) in [5.41, 5.74) is -0.189. The van der Waals surface area contributed by atoms with Gasteiger partial charge in [-0.2, -0.15) is 0 Å². The molecule has 2 nitrogen and oxygen atoms in total. The Bertz CT molecular complexity index is 307. The fraction of sp³-hybridized carbons (Fsp3) is 0.167. The van der Waals surface area contributed by atoms with Crippen LogP contribution in [-0.2, 0) is 7.05 Å². The van der Waals surface area contributed by atoms with E-state index in [9.17, 15) is 9.18 Å². The molecule has 1 rings (SSSR count). The molecule has 0 amide bonds. The first-order chi connectivity index (χ1) is 4.61. The summed E-state index contributed by atoms with van der Waals surface area (Å²) in [6, 6.07) is 1.26. The maximum absolute atomic E-state index is 12.6. The summed E-state index contributed by atoms with van der Waals surface area (Å²) in [5, 5.41) is 0. The Morgan fingerprint density at radius 1 is 1.70 bits per heavy atom. The molecule has 0 aromatic carbocycles. The first-order valence-corrected chi connectivity index (χ1v) is 3.71. The molecule has 10 heavy (non-hydrogen) atoms. The molecule has 0 bridgehead atoms. The molecule has 4 heteroatoms. The smallest absolute Gasteiger partial charge is 0.251 e. The predicted molar refractivity (Wildman–Crippen MR) is 44.4 cm³/mol. The van der Waals surface area contributed by atoms with Gasteiger partial charge in [0, 0.05) is 19.3 Å². The minimum atomic E-state index is -0.359. The number of nitrogens with zero attached hydrogens (tertiary/aromatic N) is 1. The zero-order valence-electron chi connectivity index (χ0n) is 5.27. The quantitative estimate of drug-likeness (QED) is 0.635. The Kier molecular flexibility index (Phi) is 2.08. The third-order valence-electron chi connectivity index (χ3n) is 1.13. The standard InChI is InChI=1S/C6H5FINO/c1-9-3-4(7)5(8)2-6(9)10/h2-3H,1H3. The van der Waals surface area contributed by atoms with Crippen molar-refractivity contribution in [3.8, 4) is 0 Å². The van der Waals surface area contributed by atoms with E-state index in [4.69, 9.17) is 0 Å². The lowest BCUT2D eigenvalue weighted by atomic mass is 10.5. The second kappa shape index (κ2) is 2.69. The van der Waals surface area contributed by atoms with Crippen LogP contribution in [0.5, 0.6) is 0 Å². The lowest BCUT2D eigenvalue weighted by Crippen LogP contribution is -2.16. The summed E-state index contributed by atoms with van der Waals surface area (Å²) in [4.78, 5) is 10.8. The molecule has 0 fully saturated rings. The van der Waals surface area contributed by atoms with Crippen LogP contribution in [-0.4, -0.2) is 4.57 Å². The molecule has 0 aliphatic heterocycles. The van der Waals surface area contributed by atoms with Crippen LogP contribution in [0.25, 0.3) is 0 Å². The highest BCUT2D eigenvalue weighted by molar-refractivity contribution is 14.1. The number of halogens is 2. The van der Waals surface area contributed by atoms with Crippen LogP contribution in [0.2, 0.25) is 0 Å². The van der Waals surface area contributed by atoms with Gasteiger partial charge in [0.15, 0.2) is 5.82 Å². The molecule has 54 valence electrons. The Balaban J connectivity index is 3.43. The highest BCUT2D eigenvalue weighted by Gasteiger charge is 1.99. The summed E-state index contributed by atoms with van der Waals surface area (Å²) in [6.07, 6.45) is 1.17. The normalized spacial score (nSPS) is 9.90. The molecule has 0 N–H and O–H groups in total. The molecule has 1 aromatic rings. The highest BCUT2D eigenvalue weighted by atomic mass is 127. The van der Waals surface area contributed by atoms with Crippen molar-refractivity contribution in [1.29, 1.82) is 0 Å². The molecular weight excluding hydrogens is 248 g/mol. The lowest BCUT2D eigenvalue weighted by Gasteiger charge is -1.96. The maximum Gasteiger partial charge on any atom is 0.251 e. The zero-order valence-corrected chi connectivity index (χ0v) is 7.42. The molecule has 0 spiro atoms. The highest BCUT2D eigenvalue weighted by Crippen LogP contribution is 2.05. The van der Waals surface area contributed by atoms with E-state index >= 15 is 0 Å². The van der Waals surface area contributed by atoms with Crippen molar-refractivity contribution >= 4 is 22.6 Å². The molecule has 0 radical (unpaired) electrons. The molecule has 0 aliphatic carbocycles. The average Bonchev–Trinajstić information content (AvgIpc) is 1.84. The Morgan fingerprint density at radius 3 is 2.80 bits per heavy atom. The fourth-order valence-electron chi connectivity index (χ4n) is 0.574. The molecule has 1 heterocycles. The van der Waals surface area contributed by atoms with Crippen LogP contribution in [0.1, 0.15) is 0 Å². The minimum Gasteiger partial charge on any atom is -0.316 e. The van der Waals surface area contributed by atoms with Crippen LogP contribution in [0, 0.1) is 9.39 Å². The Labute approximate surface area is 70.8 Å². The summed E-state index contributed by atoms with van der Waals surface area (Å²) >= 11 is 1.78. The second-order valence-electron chi connectivity index (χ2n) is 1.92. The van der Waals surface area contributed by atoms with Gasteiger partial charge in [0.25, 0.3) is 5.56 Å². The van der Waals surface area contributed by atoms with Gasteiger partial charge in [-0.3, -0.25) is 4.79 Å². The SMILES string of the molecule is Cn1cc(F)c(I)cc1=O. The lowest BCUT2D eigenvalue weighted by molar-refractivity contribution is 0.597. The number of aryl methyl sites for hydroxylation is 1. The number of hydrogen-bond acceptors (Lipinski definition) is 1. The van der Waals surface area contributed by atoms with E-state index in [1.54, 1.807) is 22.6 Å². The second-order valence-corrected chi connectivity index (χ2v) is 3.08. The molecule has 0 atom stereocenters. The third kappa shape index (κ3) is 1.36. The summed E-state index contributed by atoms with van der Waals surface area (Å²) in [7, 11) is 1.52. The number of aromatic nitrogens is 1. The molecule has 0 aliphatic rings. The average molecular weight is 253 g/mol. The van der Waals surface area contributed by atoms with E-state index < -0.39 is 0 Å². The largest absolute Gasteiger partial charge is 0.316 e. The summed E-state index contributed by atoms with van der Waals surface area (Å²) in [5.74, 6) is -0.359. The fourth-order valence-corrected chi connectivity index (χ4v) is 0.980. The van der Waals surface area contributed by atoms with Gasteiger partial charge in [0.2, 0.25) is 0 Å². The maximum atomic E-state index is 12.6. The topological polar surface area (TPSA) is 22.0 Å². The number of pyridine rings is 1. The molecule has 0 unspecified atom stereocenters. The van der Waals surface area contributed by atoms with Gasteiger partial charge in [-0.15, -0.1) is 0 Å². The van der Waals surface area contributed by atoms with Crippen LogP contribution in [0.4, 0.5) is 4.39 Å². The first-order valence-electron chi connectivity index (χ1n) is 2.63. The van der Waals surface area contributed by atoms with Crippen molar-refractivity contribution in [2.24, 2.45) is 7.05 Å². The Morgan fingerprint density at radius 2 is 2.30 bits per heavy atom. The van der Waals surface area contributed by atoms with Gasteiger partial charge in [-0.05, 0) is 22.6 Å². The minimum absolute atomic E-state index is 0.189. The van der Waals surface area contributed by atoms with Gasteiger partial charge in [-0.25, -0.2) is 4.39 Å². The van der Waals surface area contributed by atoms with Crippen molar-refractivity contribution in [3.05, 3.63) is 32.0 Å². The predicted octanol–water partition coefficient (Wildman–Crippen LogP) is 1.13. The van der Waals surface area contributed by atoms with Crippen molar-refractivity contribution in [2.45, 2.75) is 0 Å². The summed E-state index contributed by atoms with van der Waals surface area (Å²) < 4.78 is 14.2.